The summed E-state index contributed by atoms with van der Waals surface area (Å²) in [6, 6.07) is 6.40. The summed E-state index contributed by atoms with van der Waals surface area (Å²) in [7, 11) is -0.708. The minimum Gasteiger partial charge on any atom is -0.314 e. The van der Waals surface area contributed by atoms with Gasteiger partial charge in [0, 0.05) is 29.6 Å². The molecule has 82 valence electrons. The second-order valence-electron chi connectivity index (χ2n) is 4.14. The first-order valence-corrected chi connectivity index (χ1v) is 6.72. The zero-order chi connectivity index (χ0) is 10.8. The van der Waals surface area contributed by atoms with Crippen molar-refractivity contribution in [3.05, 3.63) is 34.9 Å². The van der Waals surface area contributed by atoms with Gasteiger partial charge in [0.1, 0.15) is 0 Å². The van der Waals surface area contributed by atoms with Crippen LogP contribution in [0.3, 0.4) is 0 Å². The number of nitrogens with one attached hydrogen (secondary N) is 1. The highest BCUT2D eigenvalue weighted by Gasteiger charge is 2.23. The van der Waals surface area contributed by atoms with Crippen molar-refractivity contribution in [2.45, 2.75) is 19.1 Å². The molecular formula is C12H17NOS. The molecule has 1 heterocycles. The Balaban J connectivity index is 2.31. The van der Waals surface area contributed by atoms with Gasteiger partial charge < -0.3 is 5.32 Å². The van der Waals surface area contributed by atoms with E-state index in [-0.39, 0.29) is 5.25 Å². The van der Waals surface area contributed by atoms with Crippen LogP contribution >= 0.6 is 0 Å². The lowest BCUT2D eigenvalue weighted by molar-refractivity contribution is 0.623. The quantitative estimate of drug-likeness (QED) is 0.785. The number of aryl methyl sites for hydroxylation is 2. The van der Waals surface area contributed by atoms with Crippen molar-refractivity contribution < 1.29 is 4.21 Å². The van der Waals surface area contributed by atoms with E-state index in [4.69, 9.17) is 0 Å². The maximum Gasteiger partial charge on any atom is 0.0724 e. The van der Waals surface area contributed by atoms with E-state index in [9.17, 15) is 4.21 Å². The molecule has 0 aliphatic carbocycles. The molecule has 1 aromatic carbocycles. The molecule has 0 bridgehead atoms. The molecule has 0 aromatic heterocycles. The van der Waals surface area contributed by atoms with Crippen LogP contribution in [-0.2, 0) is 10.8 Å². The minimum atomic E-state index is -0.708. The summed E-state index contributed by atoms with van der Waals surface area (Å²) >= 11 is 0. The molecule has 1 aromatic rings. The summed E-state index contributed by atoms with van der Waals surface area (Å²) in [5.74, 6) is 0.776. The van der Waals surface area contributed by atoms with Gasteiger partial charge in [-0.2, -0.15) is 0 Å². The van der Waals surface area contributed by atoms with Gasteiger partial charge in [-0.25, -0.2) is 0 Å². The van der Waals surface area contributed by atoms with Crippen LogP contribution in [0.25, 0.3) is 0 Å². The molecule has 0 saturated carbocycles. The third-order valence-corrected chi connectivity index (χ3v) is 4.56. The van der Waals surface area contributed by atoms with Gasteiger partial charge in [-0.05, 0) is 25.0 Å². The van der Waals surface area contributed by atoms with Crippen LogP contribution in [0, 0.1) is 13.8 Å². The molecule has 3 heteroatoms. The van der Waals surface area contributed by atoms with E-state index in [1.165, 1.54) is 16.7 Å². The largest absolute Gasteiger partial charge is 0.314 e. The maximum atomic E-state index is 11.9. The van der Waals surface area contributed by atoms with E-state index in [1.54, 1.807) is 0 Å². The van der Waals surface area contributed by atoms with Crippen LogP contribution in [0.5, 0.6) is 0 Å². The van der Waals surface area contributed by atoms with Crippen molar-refractivity contribution in [2.75, 3.05) is 18.8 Å². The molecule has 15 heavy (non-hydrogen) atoms. The number of hydrogen-bond acceptors (Lipinski definition) is 2. The van der Waals surface area contributed by atoms with Gasteiger partial charge >= 0.3 is 0 Å². The van der Waals surface area contributed by atoms with Crippen molar-refractivity contribution in [3.63, 3.8) is 0 Å². The van der Waals surface area contributed by atoms with Crippen LogP contribution in [0.1, 0.15) is 21.9 Å². The summed E-state index contributed by atoms with van der Waals surface area (Å²) in [5.41, 5.74) is 3.77. The van der Waals surface area contributed by atoms with Crippen molar-refractivity contribution in [3.8, 4) is 0 Å². The van der Waals surface area contributed by atoms with E-state index in [2.05, 4.69) is 37.4 Å². The molecule has 1 saturated heterocycles. The summed E-state index contributed by atoms with van der Waals surface area (Å²) in [6.07, 6.45) is 0. The summed E-state index contributed by atoms with van der Waals surface area (Å²) < 4.78 is 11.9. The molecule has 0 spiro atoms. The monoisotopic (exact) mass is 223 g/mol. The number of hydrogen-bond donors (Lipinski definition) is 1. The van der Waals surface area contributed by atoms with Gasteiger partial charge in [-0.1, -0.05) is 23.8 Å². The molecule has 0 amide bonds. The summed E-state index contributed by atoms with van der Waals surface area (Å²) in [4.78, 5) is 0. The Labute approximate surface area is 93.5 Å². The zero-order valence-electron chi connectivity index (χ0n) is 9.25. The van der Waals surface area contributed by atoms with E-state index in [0.29, 0.717) is 0 Å². The smallest absolute Gasteiger partial charge is 0.0724 e. The van der Waals surface area contributed by atoms with Crippen LogP contribution in [0.2, 0.25) is 0 Å². The fourth-order valence-corrected chi connectivity index (χ4v) is 3.56. The van der Waals surface area contributed by atoms with Crippen molar-refractivity contribution in [2.24, 2.45) is 0 Å². The zero-order valence-corrected chi connectivity index (χ0v) is 10.1. The minimum absolute atomic E-state index is 0.180. The Morgan fingerprint density at radius 3 is 2.87 bits per heavy atom. The predicted molar refractivity (Wildman–Crippen MR) is 64.5 cm³/mol. The Morgan fingerprint density at radius 2 is 2.20 bits per heavy atom. The van der Waals surface area contributed by atoms with Crippen LogP contribution in [-0.4, -0.2) is 23.1 Å². The first-order chi connectivity index (χ1) is 7.18. The van der Waals surface area contributed by atoms with Crippen molar-refractivity contribution >= 4 is 10.8 Å². The molecule has 0 radical (unpaired) electrons. The number of rotatable bonds is 1. The van der Waals surface area contributed by atoms with E-state index >= 15 is 0 Å². The fraction of sp³-hybridized carbons (Fsp3) is 0.500. The Kier molecular flexibility index (Phi) is 3.22. The molecule has 1 fully saturated rings. The SMILES string of the molecule is Cc1ccc(C2CNCCS2=O)c(C)c1. The van der Waals surface area contributed by atoms with Gasteiger partial charge in [0.2, 0.25) is 0 Å². The highest BCUT2D eigenvalue weighted by atomic mass is 32.2. The second-order valence-corrected chi connectivity index (χ2v) is 5.88. The highest BCUT2D eigenvalue weighted by Crippen LogP contribution is 2.25. The van der Waals surface area contributed by atoms with Crippen molar-refractivity contribution in [1.82, 2.24) is 5.32 Å². The van der Waals surface area contributed by atoms with E-state index in [1.807, 2.05) is 0 Å². The van der Waals surface area contributed by atoms with Gasteiger partial charge in [0.05, 0.1) is 5.25 Å². The molecule has 1 aliphatic rings. The second kappa shape index (κ2) is 4.45. The fourth-order valence-electron chi connectivity index (χ4n) is 2.08. The summed E-state index contributed by atoms with van der Waals surface area (Å²) in [6.45, 7) is 5.92. The first kappa shape index (κ1) is 10.8. The molecule has 2 rings (SSSR count). The summed E-state index contributed by atoms with van der Waals surface area (Å²) in [5, 5.41) is 3.49. The third-order valence-electron chi connectivity index (χ3n) is 2.90. The van der Waals surface area contributed by atoms with Crippen LogP contribution < -0.4 is 5.32 Å². The Hall–Kier alpha value is -0.670. The average molecular weight is 223 g/mol. The molecule has 1 N–H and O–H groups in total. The predicted octanol–water partition coefficient (Wildman–Crippen LogP) is 1.70. The molecule has 2 nitrogen and oxygen atoms in total. The van der Waals surface area contributed by atoms with Crippen LogP contribution in [0.15, 0.2) is 18.2 Å². The van der Waals surface area contributed by atoms with Crippen molar-refractivity contribution in [1.29, 1.82) is 0 Å². The lowest BCUT2D eigenvalue weighted by Gasteiger charge is -2.24. The van der Waals surface area contributed by atoms with Crippen LogP contribution in [0.4, 0.5) is 0 Å². The van der Waals surface area contributed by atoms with E-state index in [0.717, 1.165) is 18.8 Å². The van der Waals surface area contributed by atoms with E-state index < -0.39 is 10.8 Å². The maximum absolute atomic E-state index is 11.9. The highest BCUT2D eigenvalue weighted by molar-refractivity contribution is 7.85. The topological polar surface area (TPSA) is 29.1 Å². The normalized spacial score (nSPS) is 26.5. The molecule has 2 atom stereocenters. The Morgan fingerprint density at radius 1 is 1.40 bits per heavy atom. The lowest BCUT2D eigenvalue weighted by atomic mass is 10.0. The standard InChI is InChI=1S/C12H17NOS/c1-9-3-4-11(10(2)7-9)12-8-13-5-6-15(12)14/h3-4,7,12-13H,5-6,8H2,1-2H3. The number of benzene rings is 1. The molecule has 2 unspecified atom stereocenters. The van der Waals surface area contributed by atoms with Gasteiger partial charge in [0.15, 0.2) is 0 Å². The Bertz CT molecular complexity index is 389. The van der Waals surface area contributed by atoms with Gasteiger partial charge in [0.25, 0.3) is 0 Å². The first-order valence-electron chi connectivity index (χ1n) is 5.33. The lowest BCUT2D eigenvalue weighted by Crippen LogP contribution is -2.35. The third kappa shape index (κ3) is 2.29. The molecule has 1 aliphatic heterocycles. The molecular weight excluding hydrogens is 206 g/mol. The average Bonchev–Trinajstić information content (AvgIpc) is 2.20. The van der Waals surface area contributed by atoms with Gasteiger partial charge in [-0.3, -0.25) is 4.21 Å². The van der Waals surface area contributed by atoms with Gasteiger partial charge in [-0.15, -0.1) is 0 Å².